The van der Waals surface area contributed by atoms with E-state index in [0.717, 1.165) is 38.2 Å². The number of rotatable bonds is 0. The number of aromatic nitrogens is 4. The van der Waals surface area contributed by atoms with Gasteiger partial charge in [-0.25, -0.2) is 9.97 Å². The summed E-state index contributed by atoms with van der Waals surface area (Å²) in [7, 11) is 0. The van der Waals surface area contributed by atoms with Gasteiger partial charge >= 0.3 is 12.6 Å². The predicted octanol–water partition coefficient (Wildman–Crippen LogP) is 14.1. The molecule has 4 aromatic carbocycles. The van der Waals surface area contributed by atoms with E-state index >= 15 is 0 Å². The molecular weight excluding hydrogens is 821 g/mol. The Morgan fingerprint density at radius 2 is 0.859 bits per heavy atom. The van der Waals surface area contributed by atoms with Gasteiger partial charge in [-0.05, 0) is 121 Å². The molecule has 64 heavy (non-hydrogen) atoms. The highest BCUT2D eigenvalue weighted by molar-refractivity contribution is 6.03. The zero-order valence-electron chi connectivity index (χ0n) is 38.9. The van der Waals surface area contributed by atoms with E-state index in [2.05, 4.69) is 122 Å². The summed E-state index contributed by atoms with van der Waals surface area (Å²) in [5.41, 5.74) is 10.6. The molecule has 0 saturated carbocycles. The number of alkyl halides is 4. The zero-order valence-corrected chi connectivity index (χ0v) is 38.9. The van der Waals surface area contributed by atoms with Crippen LogP contribution < -0.4 is 18.9 Å². The Morgan fingerprint density at radius 3 is 1.38 bits per heavy atom. The molecule has 0 atom stereocenters. The first-order valence-electron chi connectivity index (χ1n) is 22.1. The van der Waals surface area contributed by atoms with E-state index in [9.17, 15) is 17.6 Å². The Labute approximate surface area is 369 Å². The van der Waals surface area contributed by atoms with Crippen molar-refractivity contribution in [3.05, 3.63) is 95.3 Å². The Morgan fingerprint density at radius 1 is 0.438 bits per heavy atom. The van der Waals surface area contributed by atoms with E-state index in [-0.39, 0.29) is 55.5 Å². The third kappa shape index (κ3) is 5.22. The third-order valence-electron chi connectivity index (χ3n) is 17.1. The van der Waals surface area contributed by atoms with Crippen LogP contribution >= 0.6 is 0 Å². The van der Waals surface area contributed by atoms with Crippen molar-refractivity contribution >= 4 is 54.9 Å². The lowest BCUT2D eigenvalue weighted by molar-refractivity contribution is -0.287. The van der Waals surface area contributed by atoms with Crippen molar-refractivity contribution in [1.82, 2.24) is 18.8 Å². The summed E-state index contributed by atoms with van der Waals surface area (Å²) in [5, 5.41) is 2.83. The average molecular weight is 875 g/mol. The molecule has 0 radical (unpaired) electrons. The fourth-order valence-corrected chi connectivity index (χ4v) is 11.0. The van der Waals surface area contributed by atoms with Gasteiger partial charge in [0.25, 0.3) is 0 Å². The van der Waals surface area contributed by atoms with E-state index in [1.54, 1.807) is 24.3 Å². The molecule has 0 unspecified atom stereocenters. The second-order valence-corrected chi connectivity index (χ2v) is 20.8. The molecule has 4 aromatic heterocycles. The van der Waals surface area contributed by atoms with Gasteiger partial charge in [-0.3, -0.25) is 8.80 Å². The first-order chi connectivity index (χ1) is 29.7. The summed E-state index contributed by atoms with van der Waals surface area (Å²) >= 11 is 0. The highest BCUT2D eigenvalue weighted by Crippen LogP contribution is 2.63. The number of imidazole rings is 2. The quantitative estimate of drug-likeness (QED) is 0.141. The maximum absolute atomic E-state index is 13.6. The number of nitrogens with zero attached hydrogens (tertiary/aromatic N) is 4. The van der Waals surface area contributed by atoms with Crippen LogP contribution in [0.4, 0.5) is 17.6 Å². The van der Waals surface area contributed by atoms with E-state index < -0.39 is 12.6 Å². The molecule has 2 aliphatic carbocycles. The average Bonchev–Trinajstić information content (AvgIpc) is 3.99. The Kier molecular flexibility index (Phi) is 8.25. The summed E-state index contributed by atoms with van der Waals surface area (Å²) in [4.78, 5) is 9.85. The van der Waals surface area contributed by atoms with Crippen LogP contribution in [0.1, 0.15) is 119 Å². The third-order valence-corrected chi connectivity index (χ3v) is 17.1. The Bertz CT molecular complexity index is 3210. The van der Waals surface area contributed by atoms with E-state index in [0.29, 0.717) is 16.7 Å². The number of pyridine rings is 2. The minimum absolute atomic E-state index is 0.0153. The van der Waals surface area contributed by atoms with Crippen molar-refractivity contribution in [2.45, 2.75) is 131 Å². The molecule has 12 heteroatoms. The van der Waals surface area contributed by atoms with Crippen molar-refractivity contribution in [3.63, 3.8) is 0 Å². The summed E-state index contributed by atoms with van der Waals surface area (Å²) in [6.07, 6.45) is -3.47. The molecule has 0 spiro atoms. The van der Waals surface area contributed by atoms with Gasteiger partial charge in [-0.1, -0.05) is 96.9 Å². The van der Waals surface area contributed by atoms with Gasteiger partial charge in [0.05, 0.1) is 22.1 Å². The van der Waals surface area contributed by atoms with E-state index in [4.69, 9.17) is 14.7 Å². The monoisotopic (exact) mass is 874 g/mol. The van der Waals surface area contributed by atoms with Gasteiger partial charge in [0.1, 0.15) is 11.3 Å². The lowest BCUT2D eigenvalue weighted by Crippen LogP contribution is -2.42. The Hall–Kier alpha value is -5.78. The molecular formula is C52H54F4N4O4. The molecule has 0 saturated heterocycles. The number of hydrogen-bond acceptors (Lipinski definition) is 6. The van der Waals surface area contributed by atoms with Crippen LogP contribution in [0.2, 0.25) is 0 Å². The van der Waals surface area contributed by atoms with Crippen molar-refractivity contribution in [3.8, 4) is 23.0 Å². The lowest BCUT2D eigenvalue weighted by Gasteiger charge is -2.44. The fraction of sp³-hybridized carbons (Fsp3) is 0.423. The molecule has 8 nitrogen and oxygen atoms in total. The summed E-state index contributed by atoms with van der Waals surface area (Å²) in [6, 6.07) is 19.1. The highest BCUT2D eigenvalue weighted by Gasteiger charge is 2.58. The number of fused-ring (bicyclic) bond motifs is 15. The van der Waals surface area contributed by atoms with Crippen LogP contribution in [0, 0.1) is 10.8 Å². The van der Waals surface area contributed by atoms with Gasteiger partial charge in [0.2, 0.25) is 0 Å². The Balaban J connectivity index is 0.000000146. The van der Waals surface area contributed by atoms with E-state index in [1.807, 2.05) is 41.1 Å². The van der Waals surface area contributed by atoms with Crippen molar-refractivity contribution < 1.29 is 36.5 Å². The fourth-order valence-electron chi connectivity index (χ4n) is 11.0. The summed E-state index contributed by atoms with van der Waals surface area (Å²) < 4.78 is 77.1. The smallest absolute Gasteiger partial charge is 0.395 e. The molecule has 0 amide bonds. The first kappa shape index (κ1) is 42.2. The molecule has 0 fully saturated rings. The van der Waals surface area contributed by atoms with Crippen LogP contribution in [0.25, 0.3) is 54.9 Å². The van der Waals surface area contributed by atoms with Crippen molar-refractivity contribution in [2.24, 2.45) is 10.8 Å². The van der Waals surface area contributed by atoms with Crippen molar-refractivity contribution in [1.29, 1.82) is 0 Å². The van der Waals surface area contributed by atoms with Crippen molar-refractivity contribution in [2.75, 3.05) is 0 Å². The first-order valence-corrected chi connectivity index (χ1v) is 22.1. The van der Waals surface area contributed by atoms with Gasteiger partial charge in [-0.15, -0.1) is 17.6 Å². The molecule has 8 aromatic rings. The number of ether oxygens (including phenoxy) is 4. The standard InChI is InChI=1S/2C25H24F2N2O2.C2H6/c1-22(2)15-11-17-18(12-16(15)23(3,4)24(22,5)6)29-8-7-13-9-19-20(31-25(26,27)30-19)10-14(13)21(29)28-17;1-22(2)15-11-17-18(12-16(15)23(3,4)24(22,5)6)29-10-9-13-14(21(29)28-17)7-8-19-20(13)31-25(26,27)30-19;1-2/h2*7-12H,1-6H3;1-2H3. The van der Waals surface area contributed by atoms with Gasteiger partial charge in [0.15, 0.2) is 23.0 Å². The molecule has 334 valence electrons. The zero-order chi connectivity index (χ0) is 46.3. The van der Waals surface area contributed by atoms with Crippen LogP contribution in [0.15, 0.2) is 73.1 Å². The second kappa shape index (κ2) is 12.5. The maximum Gasteiger partial charge on any atom is 0.586 e. The van der Waals surface area contributed by atoms with Crippen LogP contribution in [-0.4, -0.2) is 31.4 Å². The van der Waals surface area contributed by atoms with Crippen LogP contribution in [0.3, 0.4) is 0 Å². The predicted molar refractivity (Wildman–Crippen MR) is 244 cm³/mol. The maximum atomic E-state index is 13.6. The van der Waals surface area contributed by atoms with Crippen LogP contribution in [0.5, 0.6) is 23.0 Å². The number of hydrogen-bond donors (Lipinski definition) is 0. The molecule has 4 aliphatic rings. The molecule has 2 aliphatic heterocycles. The van der Waals surface area contributed by atoms with E-state index in [1.165, 1.54) is 28.3 Å². The number of halogens is 4. The topological polar surface area (TPSA) is 71.5 Å². The summed E-state index contributed by atoms with van der Waals surface area (Å²) in [5.74, 6) is 0.179. The molecule has 0 bridgehead atoms. The lowest BCUT2D eigenvalue weighted by atomic mass is 9.59. The molecule has 6 heterocycles. The van der Waals surface area contributed by atoms with Crippen LogP contribution in [-0.2, 0) is 21.7 Å². The second-order valence-electron chi connectivity index (χ2n) is 20.8. The molecule has 0 N–H and O–H groups in total. The molecule has 12 rings (SSSR count). The number of benzene rings is 4. The van der Waals surface area contributed by atoms with Gasteiger partial charge in [-0.2, -0.15) is 0 Å². The summed E-state index contributed by atoms with van der Waals surface area (Å²) in [6.45, 7) is 31.8. The largest absolute Gasteiger partial charge is 0.586 e. The normalized spacial score (nSPS) is 21.2. The van der Waals surface area contributed by atoms with Gasteiger partial charge < -0.3 is 18.9 Å². The SMILES string of the molecule is CC.CC1(C)c2cc3nc4c5cc6c(cc5ccn4c3cc2C(C)(C)C1(C)C)OC(F)(F)O6.CC1(C)c2cc3nc4c5ccc6c(c5ccn4c3cc2C(C)(C)C1(C)C)OC(F)(F)O6. The van der Waals surface area contributed by atoms with Gasteiger partial charge in [0, 0.05) is 28.6 Å². The minimum Gasteiger partial charge on any atom is -0.395 e. The highest BCUT2D eigenvalue weighted by atomic mass is 19.3. The minimum atomic E-state index is -3.65.